The number of carbonyl (C=O) groups is 1. The predicted octanol–water partition coefficient (Wildman–Crippen LogP) is 2.68. The van der Waals surface area contributed by atoms with E-state index in [9.17, 15) is 4.79 Å². The van der Waals surface area contributed by atoms with E-state index < -0.39 is 0 Å². The number of amides is 1. The molecule has 2 aromatic rings. The van der Waals surface area contributed by atoms with E-state index in [0.29, 0.717) is 12.4 Å². The van der Waals surface area contributed by atoms with E-state index in [2.05, 4.69) is 25.2 Å². The van der Waals surface area contributed by atoms with Gasteiger partial charge in [0, 0.05) is 24.6 Å². The highest BCUT2D eigenvalue weighted by Gasteiger charge is 2.33. The number of likely N-dealkylation sites (tertiary alicyclic amines) is 2. The zero-order chi connectivity index (χ0) is 18.6. The molecular formula is C20H26N6O. The van der Waals surface area contributed by atoms with E-state index in [-0.39, 0.29) is 11.9 Å². The molecule has 2 saturated heterocycles. The molecule has 7 nitrogen and oxygen atoms in total. The molecule has 0 unspecified atom stereocenters. The highest BCUT2D eigenvalue weighted by atomic mass is 16.2. The lowest BCUT2D eigenvalue weighted by molar-refractivity contribution is -0.133. The molecule has 4 rings (SSSR count). The van der Waals surface area contributed by atoms with Gasteiger partial charge in [0.05, 0.1) is 12.6 Å². The fraction of sp³-hybridized carbons (Fsp3) is 0.500. The van der Waals surface area contributed by atoms with Gasteiger partial charge < -0.3 is 10.2 Å². The molecule has 0 aliphatic carbocycles. The summed E-state index contributed by atoms with van der Waals surface area (Å²) in [5, 5.41) is 3.29. The molecule has 7 heteroatoms. The number of nitrogens with one attached hydrogen (secondary N) is 1. The standard InChI is InChI=1S/C20H26N6O/c1-15-6-4-8-17(23-15)24-20-19(21-9-10-22-20)16-7-5-13-26(16)18(27)14-25-11-2-3-12-25/h4,6,8-10,16H,2-3,5,7,11-14H2,1H3,(H,22,23,24)/t16-/m0/s1. The minimum Gasteiger partial charge on any atom is -0.333 e. The van der Waals surface area contributed by atoms with E-state index in [1.165, 1.54) is 12.8 Å². The fourth-order valence-corrected chi connectivity index (χ4v) is 4.00. The number of anilines is 2. The van der Waals surface area contributed by atoms with Crippen molar-refractivity contribution in [1.82, 2.24) is 24.8 Å². The van der Waals surface area contributed by atoms with Crippen molar-refractivity contribution in [3.8, 4) is 0 Å². The second kappa shape index (κ2) is 8.00. The molecule has 0 saturated carbocycles. The number of hydrogen-bond acceptors (Lipinski definition) is 6. The number of hydrogen-bond donors (Lipinski definition) is 1. The Kier molecular flexibility index (Phi) is 5.29. The van der Waals surface area contributed by atoms with Gasteiger partial charge in [-0.25, -0.2) is 9.97 Å². The first-order valence-corrected chi connectivity index (χ1v) is 9.74. The van der Waals surface area contributed by atoms with Crippen molar-refractivity contribution in [2.45, 2.75) is 38.6 Å². The van der Waals surface area contributed by atoms with Gasteiger partial charge in [-0.15, -0.1) is 0 Å². The van der Waals surface area contributed by atoms with Crippen LogP contribution in [-0.4, -0.2) is 56.8 Å². The second-order valence-electron chi connectivity index (χ2n) is 7.31. The van der Waals surface area contributed by atoms with Crippen LogP contribution < -0.4 is 5.32 Å². The summed E-state index contributed by atoms with van der Waals surface area (Å²) in [5.74, 6) is 1.62. The molecule has 2 fully saturated rings. The van der Waals surface area contributed by atoms with Crippen LogP contribution in [0.5, 0.6) is 0 Å². The molecule has 0 spiro atoms. The maximum Gasteiger partial charge on any atom is 0.237 e. The third-order valence-electron chi connectivity index (χ3n) is 5.31. The molecule has 27 heavy (non-hydrogen) atoms. The first kappa shape index (κ1) is 17.9. The van der Waals surface area contributed by atoms with Crippen molar-refractivity contribution in [3.63, 3.8) is 0 Å². The van der Waals surface area contributed by atoms with E-state index in [1.807, 2.05) is 30.0 Å². The highest BCUT2D eigenvalue weighted by molar-refractivity contribution is 5.79. The van der Waals surface area contributed by atoms with E-state index >= 15 is 0 Å². The van der Waals surface area contributed by atoms with Crippen LogP contribution in [0.4, 0.5) is 11.6 Å². The molecule has 1 N–H and O–H groups in total. The van der Waals surface area contributed by atoms with Crippen molar-refractivity contribution in [1.29, 1.82) is 0 Å². The van der Waals surface area contributed by atoms with Crippen LogP contribution in [0.3, 0.4) is 0 Å². The minimum atomic E-state index is -0.0267. The summed E-state index contributed by atoms with van der Waals surface area (Å²) in [5.41, 5.74) is 1.77. The zero-order valence-electron chi connectivity index (χ0n) is 15.8. The SMILES string of the molecule is Cc1cccc(Nc2nccnc2[C@@H]2CCCN2C(=O)CN2CCCC2)n1. The highest BCUT2D eigenvalue weighted by Crippen LogP contribution is 2.34. The molecule has 0 bridgehead atoms. The zero-order valence-corrected chi connectivity index (χ0v) is 15.8. The molecule has 2 aromatic heterocycles. The lowest BCUT2D eigenvalue weighted by atomic mass is 10.1. The van der Waals surface area contributed by atoms with Gasteiger partial charge in [0.2, 0.25) is 5.91 Å². The summed E-state index contributed by atoms with van der Waals surface area (Å²) in [6, 6.07) is 5.80. The number of pyridine rings is 1. The Morgan fingerprint density at radius 2 is 1.96 bits per heavy atom. The number of carbonyl (C=O) groups excluding carboxylic acids is 1. The van der Waals surface area contributed by atoms with Crippen LogP contribution in [-0.2, 0) is 4.79 Å². The van der Waals surface area contributed by atoms with Crippen LogP contribution in [0.2, 0.25) is 0 Å². The molecule has 2 aliphatic heterocycles. The first-order chi connectivity index (χ1) is 13.2. The number of aromatic nitrogens is 3. The lowest BCUT2D eigenvalue weighted by Crippen LogP contribution is -2.39. The Labute approximate surface area is 159 Å². The van der Waals surface area contributed by atoms with Crippen molar-refractivity contribution in [2.24, 2.45) is 0 Å². The van der Waals surface area contributed by atoms with Gasteiger partial charge in [-0.05, 0) is 57.8 Å². The third kappa shape index (κ3) is 4.08. The average molecular weight is 366 g/mol. The first-order valence-electron chi connectivity index (χ1n) is 9.74. The smallest absolute Gasteiger partial charge is 0.237 e. The summed E-state index contributed by atoms with van der Waals surface area (Å²) < 4.78 is 0. The Morgan fingerprint density at radius 1 is 1.15 bits per heavy atom. The van der Waals surface area contributed by atoms with E-state index in [4.69, 9.17) is 0 Å². The Morgan fingerprint density at radius 3 is 2.78 bits per heavy atom. The van der Waals surface area contributed by atoms with E-state index in [0.717, 1.165) is 49.7 Å². The van der Waals surface area contributed by atoms with Crippen LogP contribution in [0, 0.1) is 6.92 Å². The Bertz CT molecular complexity index is 805. The third-order valence-corrected chi connectivity index (χ3v) is 5.31. The topological polar surface area (TPSA) is 74.2 Å². The molecule has 4 heterocycles. The summed E-state index contributed by atoms with van der Waals surface area (Å²) in [7, 11) is 0. The van der Waals surface area contributed by atoms with Gasteiger partial charge in [0.1, 0.15) is 11.5 Å². The van der Waals surface area contributed by atoms with Crippen LogP contribution >= 0.6 is 0 Å². The summed E-state index contributed by atoms with van der Waals surface area (Å²) >= 11 is 0. The molecule has 2 aliphatic rings. The second-order valence-corrected chi connectivity index (χ2v) is 7.31. The normalized spacial score (nSPS) is 20.2. The van der Waals surface area contributed by atoms with Crippen LogP contribution in [0.25, 0.3) is 0 Å². The van der Waals surface area contributed by atoms with Gasteiger partial charge >= 0.3 is 0 Å². The van der Waals surface area contributed by atoms with Gasteiger partial charge in [-0.1, -0.05) is 6.07 Å². The Balaban J connectivity index is 1.54. The largest absolute Gasteiger partial charge is 0.333 e. The number of nitrogens with zero attached hydrogens (tertiary/aromatic N) is 5. The number of aryl methyl sites for hydroxylation is 1. The molecule has 1 amide bonds. The Hall–Kier alpha value is -2.54. The quantitative estimate of drug-likeness (QED) is 0.877. The summed E-state index contributed by atoms with van der Waals surface area (Å²) in [6.07, 6.45) is 7.67. The van der Waals surface area contributed by atoms with E-state index in [1.54, 1.807) is 12.4 Å². The van der Waals surface area contributed by atoms with Gasteiger partial charge in [0.15, 0.2) is 5.82 Å². The van der Waals surface area contributed by atoms with Gasteiger partial charge in [-0.2, -0.15) is 0 Å². The van der Waals surface area contributed by atoms with Crippen molar-refractivity contribution in [2.75, 3.05) is 31.5 Å². The van der Waals surface area contributed by atoms with Crippen molar-refractivity contribution in [3.05, 3.63) is 42.0 Å². The van der Waals surface area contributed by atoms with Crippen molar-refractivity contribution >= 4 is 17.5 Å². The average Bonchev–Trinajstić information content (AvgIpc) is 3.34. The maximum atomic E-state index is 12.9. The molecule has 1 atom stereocenters. The van der Waals surface area contributed by atoms with Crippen LogP contribution in [0.1, 0.15) is 43.1 Å². The maximum absolute atomic E-state index is 12.9. The van der Waals surface area contributed by atoms with Gasteiger partial charge in [-0.3, -0.25) is 14.7 Å². The predicted molar refractivity (Wildman–Crippen MR) is 104 cm³/mol. The molecule has 0 aromatic carbocycles. The summed E-state index contributed by atoms with van der Waals surface area (Å²) in [6.45, 7) is 5.32. The van der Waals surface area contributed by atoms with Crippen molar-refractivity contribution < 1.29 is 4.79 Å². The lowest BCUT2D eigenvalue weighted by Gasteiger charge is -2.27. The molecular weight excluding hydrogens is 340 g/mol. The van der Waals surface area contributed by atoms with Gasteiger partial charge in [0.25, 0.3) is 0 Å². The minimum absolute atomic E-state index is 0.0267. The van der Waals surface area contributed by atoms with Crippen LogP contribution in [0.15, 0.2) is 30.6 Å². The molecule has 142 valence electrons. The molecule has 0 radical (unpaired) electrons. The monoisotopic (exact) mass is 366 g/mol. The summed E-state index contributed by atoms with van der Waals surface area (Å²) in [4.78, 5) is 30.7. The number of rotatable bonds is 5. The fourth-order valence-electron chi connectivity index (χ4n) is 4.00.